The lowest BCUT2D eigenvalue weighted by molar-refractivity contribution is 0.0475. The molecule has 0 bridgehead atoms. The molecule has 2 aromatic carbocycles. The lowest BCUT2D eigenvalue weighted by Gasteiger charge is -2.40. The molecule has 1 atom stereocenters. The van der Waals surface area contributed by atoms with Gasteiger partial charge >= 0.3 is 0 Å². The molecule has 0 aliphatic carbocycles. The highest BCUT2D eigenvalue weighted by Gasteiger charge is 2.28. The molecule has 3 rings (SSSR count). The highest BCUT2D eigenvalue weighted by Crippen LogP contribution is 2.18. The zero-order valence-corrected chi connectivity index (χ0v) is 15.9. The Labute approximate surface area is 155 Å². The number of carbonyl (C=O) groups is 1. The number of sulfone groups is 1. The molecular weight excluding hydrogens is 348 g/mol. The molecule has 1 unspecified atom stereocenters. The summed E-state index contributed by atoms with van der Waals surface area (Å²) in [4.78, 5) is 17.2. The minimum absolute atomic E-state index is 0.0712. The van der Waals surface area contributed by atoms with Gasteiger partial charge in [0.2, 0.25) is 0 Å². The van der Waals surface area contributed by atoms with E-state index in [-0.39, 0.29) is 16.8 Å². The molecule has 1 fully saturated rings. The van der Waals surface area contributed by atoms with Gasteiger partial charge in [-0.2, -0.15) is 0 Å². The monoisotopic (exact) mass is 372 g/mol. The maximum absolute atomic E-state index is 12.9. The van der Waals surface area contributed by atoms with Crippen molar-refractivity contribution in [1.82, 2.24) is 9.80 Å². The largest absolute Gasteiger partial charge is 0.333 e. The van der Waals surface area contributed by atoms with Crippen LogP contribution in [0, 0.1) is 0 Å². The normalized spacial score (nSPS) is 18.7. The van der Waals surface area contributed by atoms with E-state index in [1.165, 1.54) is 17.7 Å². The van der Waals surface area contributed by atoms with Crippen molar-refractivity contribution in [1.29, 1.82) is 0 Å². The first kappa shape index (κ1) is 18.6. The van der Waals surface area contributed by atoms with Crippen LogP contribution in [-0.4, -0.2) is 56.1 Å². The molecule has 1 aliphatic rings. The predicted molar refractivity (Wildman–Crippen MR) is 102 cm³/mol. The summed E-state index contributed by atoms with van der Waals surface area (Å²) in [5, 5.41) is 0. The van der Waals surface area contributed by atoms with E-state index in [0.29, 0.717) is 12.1 Å². The van der Waals surface area contributed by atoms with Gasteiger partial charge in [-0.15, -0.1) is 0 Å². The van der Waals surface area contributed by atoms with Gasteiger partial charge < -0.3 is 4.90 Å². The van der Waals surface area contributed by atoms with Crippen molar-refractivity contribution in [2.24, 2.45) is 0 Å². The topological polar surface area (TPSA) is 57.7 Å². The Hall–Kier alpha value is -2.18. The molecule has 0 saturated carbocycles. The molecule has 1 heterocycles. The first-order chi connectivity index (χ1) is 12.3. The molecule has 0 spiro atoms. The van der Waals surface area contributed by atoms with Gasteiger partial charge in [0.1, 0.15) is 0 Å². The van der Waals surface area contributed by atoms with Gasteiger partial charge in [-0.05, 0) is 30.7 Å². The molecule has 138 valence electrons. The SMILES string of the molecule is CC1CN(Cc2ccccc2)CCN1C(=O)c1cccc(S(C)(=O)=O)c1. The van der Waals surface area contributed by atoms with Crippen molar-refractivity contribution in [3.63, 3.8) is 0 Å². The summed E-state index contributed by atoms with van der Waals surface area (Å²) in [5.74, 6) is -0.109. The fraction of sp³-hybridized carbons (Fsp3) is 0.350. The fourth-order valence-corrected chi connectivity index (χ4v) is 4.01. The molecular formula is C20H24N2O3S. The van der Waals surface area contributed by atoms with Crippen LogP contribution in [0.4, 0.5) is 0 Å². The van der Waals surface area contributed by atoms with Crippen LogP contribution < -0.4 is 0 Å². The Bertz CT molecular complexity index is 881. The van der Waals surface area contributed by atoms with Crippen molar-refractivity contribution in [3.05, 3.63) is 65.7 Å². The van der Waals surface area contributed by atoms with Crippen LogP contribution in [0.15, 0.2) is 59.5 Å². The van der Waals surface area contributed by atoms with Crippen molar-refractivity contribution in [2.75, 3.05) is 25.9 Å². The van der Waals surface area contributed by atoms with Crippen LogP contribution in [0.25, 0.3) is 0 Å². The molecule has 5 nitrogen and oxygen atoms in total. The predicted octanol–water partition coefficient (Wildman–Crippen LogP) is 2.44. The van der Waals surface area contributed by atoms with E-state index in [0.717, 1.165) is 25.9 Å². The molecule has 0 radical (unpaired) electrons. The summed E-state index contributed by atoms with van der Waals surface area (Å²) in [7, 11) is -3.33. The zero-order valence-electron chi connectivity index (χ0n) is 15.1. The molecule has 2 aromatic rings. The number of hydrogen-bond acceptors (Lipinski definition) is 4. The molecule has 1 amide bonds. The van der Waals surface area contributed by atoms with Crippen molar-refractivity contribution in [2.45, 2.75) is 24.4 Å². The van der Waals surface area contributed by atoms with Crippen LogP contribution in [0.2, 0.25) is 0 Å². The molecule has 1 saturated heterocycles. The highest BCUT2D eigenvalue weighted by atomic mass is 32.2. The molecule has 0 N–H and O–H groups in total. The third-order valence-electron chi connectivity index (χ3n) is 4.73. The second kappa shape index (κ2) is 7.60. The lowest BCUT2D eigenvalue weighted by Crippen LogP contribution is -2.53. The zero-order chi connectivity index (χ0) is 18.7. The second-order valence-electron chi connectivity index (χ2n) is 6.87. The van der Waals surface area contributed by atoms with Gasteiger partial charge in [0.05, 0.1) is 4.90 Å². The number of benzene rings is 2. The van der Waals surface area contributed by atoms with Crippen LogP contribution in [0.3, 0.4) is 0 Å². The summed E-state index contributed by atoms with van der Waals surface area (Å²) < 4.78 is 23.5. The van der Waals surface area contributed by atoms with E-state index in [4.69, 9.17) is 0 Å². The van der Waals surface area contributed by atoms with E-state index in [9.17, 15) is 13.2 Å². The molecule has 6 heteroatoms. The number of amides is 1. The first-order valence-electron chi connectivity index (χ1n) is 8.72. The molecule has 0 aromatic heterocycles. The van der Waals surface area contributed by atoms with Crippen molar-refractivity contribution < 1.29 is 13.2 Å². The van der Waals surface area contributed by atoms with Gasteiger partial charge in [0.25, 0.3) is 5.91 Å². The van der Waals surface area contributed by atoms with Crippen LogP contribution in [0.5, 0.6) is 0 Å². The number of hydrogen-bond donors (Lipinski definition) is 0. The third-order valence-corrected chi connectivity index (χ3v) is 5.84. The second-order valence-corrected chi connectivity index (χ2v) is 8.88. The summed E-state index contributed by atoms with van der Waals surface area (Å²) in [6.45, 7) is 5.14. The Morgan fingerprint density at radius 2 is 1.81 bits per heavy atom. The Kier molecular flexibility index (Phi) is 5.44. The van der Waals surface area contributed by atoms with Crippen LogP contribution >= 0.6 is 0 Å². The third kappa shape index (κ3) is 4.31. The number of nitrogens with zero attached hydrogens (tertiary/aromatic N) is 2. The molecule has 26 heavy (non-hydrogen) atoms. The highest BCUT2D eigenvalue weighted by molar-refractivity contribution is 7.90. The van der Waals surface area contributed by atoms with Crippen LogP contribution in [0.1, 0.15) is 22.8 Å². The van der Waals surface area contributed by atoms with Gasteiger partial charge in [-0.3, -0.25) is 9.69 Å². The van der Waals surface area contributed by atoms with Gasteiger partial charge in [0, 0.05) is 44.0 Å². The standard InChI is InChI=1S/C20H24N2O3S/c1-16-14-21(15-17-7-4-3-5-8-17)11-12-22(16)20(23)18-9-6-10-19(13-18)26(2,24)25/h3-10,13,16H,11-12,14-15H2,1-2H3. The van der Waals surface area contributed by atoms with Crippen molar-refractivity contribution >= 4 is 15.7 Å². The lowest BCUT2D eigenvalue weighted by atomic mass is 10.1. The average molecular weight is 372 g/mol. The first-order valence-corrected chi connectivity index (χ1v) is 10.6. The summed E-state index contributed by atoms with van der Waals surface area (Å²) >= 11 is 0. The van der Waals surface area contributed by atoms with E-state index in [2.05, 4.69) is 17.0 Å². The number of carbonyl (C=O) groups excluding carboxylic acids is 1. The van der Waals surface area contributed by atoms with Crippen molar-refractivity contribution in [3.8, 4) is 0 Å². The summed E-state index contributed by atoms with van der Waals surface area (Å²) in [6, 6.07) is 16.7. The smallest absolute Gasteiger partial charge is 0.254 e. The quantitative estimate of drug-likeness (QED) is 0.827. The maximum Gasteiger partial charge on any atom is 0.254 e. The minimum Gasteiger partial charge on any atom is -0.333 e. The Morgan fingerprint density at radius 3 is 2.46 bits per heavy atom. The maximum atomic E-state index is 12.9. The minimum atomic E-state index is -3.33. The summed E-state index contributed by atoms with van der Waals surface area (Å²) in [6.07, 6.45) is 1.15. The van der Waals surface area contributed by atoms with E-state index >= 15 is 0 Å². The number of rotatable bonds is 4. The number of piperazine rings is 1. The van der Waals surface area contributed by atoms with Crippen LogP contribution in [-0.2, 0) is 16.4 Å². The summed E-state index contributed by atoms with van der Waals surface area (Å²) in [5.41, 5.74) is 1.69. The van der Waals surface area contributed by atoms with E-state index in [1.54, 1.807) is 12.1 Å². The van der Waals surface area contributed by atoms with Gasteiger partial charge in [-0.1, -0.05) is 36.4 Å². The average Bonchev–Trinajstić information content (AvgIpc) is 2.62. The Morgan fingerprint density at radius 1 is 1.08 bits per heavy atom. The molecule has 1 aliphatic heterocycles. The Balaban J connectivity index is 1.68. The van der Waals surface area contributed by atoms with Gasteiger partial charge in [-0.25, -0.2) is 8.42 Å². The van der Waals surface area contributed by atoms with Gasteiger partial charge in [0.15, 0.2) is 9.84 Å². The van der Waals surface area contributed by atoms with E-state index in [1.807, 2.05) is 30.0 Å². The van der Waals surface area contributed by atoms with E-state index < -0.39 is 9.84 Å². The fourth-order valence-electron chi connectivity index (χ4n) is 3.35.